The van der Waals surface area contributed by atoms with E-state index in [1.807, 2.05) is 0 Å². The standard InChI is InChI=1S/C15H16ClNO4/c16-11-8-10(4-5-12(11)17(19)20)21-14-9-13(18)15(14)6-2-1-3-7-15/h4-5,8,14H,1-3,6-7,9H2. The number of nitrogens with zero attached hydrogens (tertiary/aromatic N) is 1. The lowest BCUT2D eigenvalue weighted by molar-refractivity contribution is -0.384. The minimum absolute atomic E-state index is 0.0563. The highest BCUT2D eigenvalue weighted by Crippen LogP contribution is 2.50. The third kappa shape index (κ3) is 2.39. The molecule has 2 fully saturated rings. The van der Waals surface area contributed by atoms with E-state index in [1.165, 1.54) is 18.6 Å². The van der Waals surface area contributed by atoms with Crippen molar-refractivity contribution in [2.45, 2.75) is 44.6 Å². The van der Waals surface area contributed by atoms with Crippen molar-refractivity contribution in [1.29, 1.82) is 0 Å². The van der Waals surface area contributed by atoms with Crippen LogP contribution in [0.4, 0.5) is 5.69 Å². The lowest BCUT2D eigenvalue weighted by Gasteiger charge is -2.49. The summed E-state index contributed by atoms with van der Waals surface area (Å²) in [5, 5.41) is 10.8. The van der Waals surface area contributed by atoms with Crippen LogP contribution in [0.15, 0.2) is 18.2 Å². The predicted molar refractivity (Wildman–Crippen MR) is 77.7 cm³/mol. The Hall–Kier alpha value is -1.62. The van der Waals surface area contributed by atoms with Crippen LogP contribution in [0.1, 0.15) is 38.5 Å². The molecule has 0 saturated heterocycles. The Balaban J connectivity index is 1.76. The van der Waals surface area contributed by atoms with Gasteiger partial charge in [-0.2, -0.15) is 0 Å². The molecule has 5 nitrogen and oxygen atoms in total. The Bertz CT molecular complexity index is 595. The maximum Gasteiger partial charge on any atom is 0.288 e. The third-order valence-corrected chi connectivity index (χ3v) is 4.99. The van der Waals surface area contributed by atoms with Crippen LogP contribution in [0.5, 0.6) is 5.75 Å². The summed E-state index contributed by atoms with van der Waals surface area (Å²) in [6, 6.07) is 4.34. The summed E-state index contributed by atoms with van der Waals surface area (Å²) in [6.45, 7) is 0. The molecule has 112 valence electrons. The number of hydrogen-bond acceptors (Lipinski definition) is 4. The molecule has 0 amide bonds. The van der Waals surface area contributed by atoms with Crippen LogP contribution >= 0.6 is 11.6 Å². The normalized spacial score (nSPS) is 23.7. The molecule has 1 unspecified atom stereocenters. The maximum absolute atomic E-state index is 12.0. The van der Waals surface area contributed by atoms with Gasteiger partial charge in [-0.25, -0.2) is 0 Å². The molecular weight excluding hydrogens is 294 g/mol. The maximum atomic E-state index is 12.0. The minimum atomic E-state index is -0.526. The second kappa shape index (κ2) is 5.30. The first-order chi connectivity index (χ1) is 10.0. The zero-order valence-corrected chi connectivity index (χ0v) is 12.3. The molecule has 0 heterocycles. The first-order valence-electron chi connectivity index (χ1n) is 7.17. The summed E-state index contributed by atoms with van der Waals surface area (Å²) in [5.74, 6) is 0.785. The molecule has 0 bridgehead atoms. The summed E-state index contributed by atoms with van der Waals surface area (Å²) in [7, 11) is 0. The molecule has 21 heavy (non-hydrogen) atoms. The largest absolute Gasteiger partial charge is 0.489 e. The number of nitro groups is 1. The molecule has 6 heteroatoms. The van der Waals surface area contributed by atoms with Gasteiger partial charge in [0.2, 0.25) is 0 Å². The van der Waals surface area contributed by atoms with Crippen molar-refractivity contribution in [1.82, 2.24) is 0 Å². The van der Waals surface area contributed by atoms with Crippen LogP contribution in [0, 0.1) is 15.5 Å². The van der Waals surface area contributed by atoms with Gasteiger partial charge in [0.1, 0.15) is 22.7 Å². The number of benzene rings is 1. The molecule has 1 aromatic rings. The van der Waals surface area contributed by atoms with Gasteiger partial charge in [-0.1, -0.05) is 30.9 Å². The number of ketones is 1. The van der Waals surface area contributed by atoms with E-state index in [4.69, 9.17) is 16.3 Å². The van der Waals surface area contributed by atoms with E-state index in [-0.39, 0.29) is 22.2 Å². The van der Waals surface area contributed by atoms with E-state index in [0.717, 1.165) is 25.7 Å². The molecule has 0 N–H and O–H groups in total. The van der Waals surface area contributed by atoms with Crippen molar-refractivity contribution in [2.24, 2.45) is 5.41 Å². The summed E-state index contributed by atoms with van der Waals surface area (Å²) < 4.78 is 5.90. The zero-order valence-electron chi connectivity index (χ0n) is 11.5. The summed E-state index contributed by atoms with van der Waals surface area (Å²) in [5.41, 5.74) is -0.465. The number of rotatable bonds is 3. The quantitative estimate of drug-likeness (QED) is 0.627. The number of ether oxygens (including phenoxy) is 1. The minimum Gasteiger partial charge on any atom is -0.489 e. The predicted octanol–water partition coefficient (Wildman–Crippen LogP) is 3.92. The second-order valence-corrected chi connectivity index (χ2v) is 6.23. The molecule has 3 rings (SSSR count). The summed E-state index contributed by atoms with van der Waals surface area (Å²) >= 11 is 5.89. The first-order valence-corrected chi connectivity index (χ1v) is 7.55. The van der Waals surface area contributed by atoms with E-state index in [0.29, 0.717) is 18.0 Å². The highest BCUT2D eigenvalue weighted by atomic mass is 35.5. The fraction of sp³-hybridized carbons (Fsp3) is 0.533. The Labute approximate surface area is 127 Å². The Morgan fingerprint density at radius 1 is 1.29 bits per heavy atom. The van der Waals surface area contributed by atoms with Gasteiger partial charge in [0.15, 0.2) is 0 Å². The van der Waals surface area contributed by atoms with Crippen molar-refractivity contribution in [3.63, 3.8) is 0 Å². The topological polar surface area (TPSA) is 69.4 Å². The SMILES string of the molecule is O=C1CC(Oc2ccc([N+](=O)[O-])c(Cl)c2)C12CCCCC2. The van der Waals surface area contributed by atoms with Gasteiger partial charge >= 0.3 is 0 Å². The van der Waals surface area contributed by atoms with Gasteiger partial charge in [-0.15, -0.1) is 0 Å². The van der Waals surface area contributed by atoms with Gasteiger partial charge in [0, 0.05) is 18.6 Å². The van der Waals surface area contributed by atoms with Crippen LogP contribution in [0.25, 0.3) is 0 Å². The number of Topliss-reactive ketones (excluding diaryl/α,β-unsaturated/α-hetero) is 1. The lowest BCUT2D eigenvalue weighted by Crippen LogP contribution is -2.57. The third-order valence-electron chi connectivity index (χ3n) is 4.68. The molecule has 2 aliphatic rings. The molecule has 2 saturated carbocycles. The van der Waals surface area contributed by atoms with Gasteiger partial charge < -0.3 is 4.74 Å². The number of halogens is 1. The van der Waals surface area contributed by atoms with Crippen LogP contribution < -0.4 is 4.74 Å². The zero-order chi connectivity index (χ0) is 15.0. The molecular formula is C15H16ClNO4. The van der Waals surface area contributed by atoms with Crippen LogP contribution in [-0.2, 0) is 4.79 Å². The van der Waals surface area contributed by atoms with Crippen molar-refractivity contribution in [3.05, 3.63) is 33.3 Å². The van der Waals surface area contributed by atoms with Crippen LogP contribution in [-0.4, -0.2) is 16.8 Å². The first kappa shape index (κ1) is 14.3. The fourth-order valence-corrected chi connectivity index (χ4v) is 3.67. The molecule has 0 radical (unpaired) electrons. The highest BCUT2D eigenvalue weighted by Gasteiger charge is 2.56. The number of nitro benzene ring substituents is 1. The van der Waals surface area contributed by atoms with Crippen molar-refractivity contribution >= 4 is 23.1 Å². The fourth-order valence-electron chi connectivity index (χ4n) is 3.43. The lowest BCUT2D eigenvalue weighted by atomic mass is 9.57. The van der Waals surface area contributed by atoms with Crippen molar-refractivity contribution in [2.75, 3.05) is 0 Å². The average Bonchev–Trinajstić information content (AvgIpc) is 2.47. The molecule has 0 aliphatic heterocycles. The molecule has 2 aliphatic carbocycles. The molecule has 1 spiro atoms. The Kier molecular flexibility index (Phi) is 3.61. The van der Waals surface area contributed by atoms with E-state index < -0.39 is 4.92 Å². The molecule has 1 atom stereocenters. The highest BCUT2D eigenvalue weighted by molar-refractivity contribution is 6.32. The average molecular weight is 310 g/mol. The monoisotopic (exact) mass is 309 g/mol. The Morgan fingerprint density at radius 3 is 2.57 bits per heavy atom. The van der Waals surface area contributed by atoms with Gasteiger partial charge in [-0.05, 0) is 18.9 Å². The van der Waals surface area contributed by atoms with Gasteiger partial charge in [0.05, 0.1) is 10.3 Å². The number of hydrogen-bond donors (Lipinski definition) is 0. The summed E-state index contributed by atoms with van der Waals surface area (Å²) in [4.78, 5) is 22.2. The molecule has 1 aromatic carbocycles. The van der Waals surface area contributed by atoms with E-state index in [1.54, 1.807) is 6.07 Å². The van der Waals surface area contributed by atoms with Crippen molar-refractivity contribution in [3.8, 4) is 5.75 Å². The van der Waals surface area contributed by atoms with E-state index in [9.17, 15) is 14.9 Å². The number of carbonyl (C=O) groups is 1. The van der Waals surface area contributed by atoms with Crippen LogP contribution in [0.2, 0.25) is 5.02 Å². The van der Waals surface area contributed by atoms with Gasteiger partial charge in [-0.3, -0.25) is 14.9 Å². The molecule has 0 aromatic heterocycles. The summed E-state index contributed by atoms with van der Waals surface area (Å²) in [6.07, 6.45) is 5.37. The smallest absolute Gasteiger partial charge is 0.288 e. The van der Waals surface area contributed by atoms with Crippen LogP contribution in [0.3, 0.4) is 0 Å². The number of carbonyl (C=O) groups excluding carboxylic acids is 1. The van der Waals surface area contributed by atoms with Crippen molar-refractivity contribution < 1.29 is 14.5 Å². The van der Waals surface area contributed by atoms with E-state index >= 15 is 0 Å². The second-order valence-electron chi connectivity index (χ2n) is 5.82. The van der Waals surface area contributed by atoms with Gasteiger partial charge in [0.25, 0.3) is 5.69 Å². The Morgan fingerprint density at radius 2 is 2.00 bits per heavy atom. The van der Waals surface area contributed by atoms with E-state index in [2.05, 4.69) is 0 Å².